The summed E-state index contributed by atoms with van der Waals surface area (Å²) in [7, 11) is 0. The van der Waals surface area contributed by atoms with Crippen LogP contribution < -0.4 is 0 Å². The van der Waals surface area contributed by atoms with Gasteiger partial charge in [0.1, 0.15) is 0 Å². The van der Waals surface area contributed by atoms with E-state index in [0.29, 0.717) is 6.42 Å². The number of aryl methyl sites for hydroxylation is 2. The van der Waals surface area contributed by atoms with Crippen molar-refractivity contribution in [1.29, 1.82) is 0 Å². The lowest BCUT2D eigenvalue weighted by Gasteiger charge is -2.18. The largest absolute Gasteiger partial charge is 0.392 e. The molecule has 0 radical (unpaired) electrons. The van der Waals surface area contributed by atoms with Crippen LogP contribution in [0.15, 0.2) is 42.6 Å². The van der Waals surface area contributed by atoms with Crippen LogP contribution in [-0.2, 0) is 12.8 Å². The highest BCUT2D eigenvalue weighted by Gasteiger charge is 2.29. The Kier molecular flexibility index (Phi) is 3.34. The first kappa shape index (κ1) is 12.4. The molecule has 1 aromatic heterocycles. The number of aliphatic hydroxyl groups is 1. The first-order chi connectivity index (χ1) is 9.24. The Morgan fingerprint density at radius 3 is 2.84 bits per heavy atom. The minimum absolute atomic E-state index is 0.192. The minimum Gasteiger partial charge on any atom is -0.392 e. The fourth-order valence-electron chi connectivity index (χ4n) is 2.93. The van der Waals surface area contributed by atoms with Gasteiger partial charge in [-0.1, -0.05) is 35.9 Å². The van der Waals surface area contributed by atoms with E-state index in [1.807, 2.05) is 12.3 Å². The lowest BCUT2D eigenvalue weighted by Crippen LogP contribution is -2.20. The fraction of sp³-hybridized carbons (Fsp3) is 0.353. The van der Waals surface area contributed by atoms with Crippen LogP contribution in [-0.4, -0.2) is 16.2 Å². The van der Waals surface area contributed by atoms with Gasteiger partial charge in [0.2, 0.25) is 0 Å². The number of hydrogen-bond donors (Lipinski definition) is 1. The average molecular weight is 253 g/mol. The molecule has 2 unspecified atom stereocenters. The second kappa shape index (κ2) is 5.14. The summed E-state index contributed by atoms with van der Waals surface area (Å²) in [4.78, 5) is 4.46. The molecule has 0 bridgehead atoms. The SMILES string of the molecule is Cc1ccc(CC(O)C2CCc3cccnc32)cc1. The van der Waals surface area contributed by atoms with E-state index < -0.39 is 0 Å². The van der Waals surface area contributed by atoms with Crippen LogP contribution in [0.25, 0.3) is 0 Å². The topological polar surface area (TPSA) is 33.1 Å². The Labute approximate surface area is 114 Å². The molecule has 19 heavy (non-hydrogen) atoms. The van der Waals surface area contributed by atoms with Crippen LogP contribution in [0.3, 0.4) is 0 Å². The van der Waals surface area contributed by atoms with Crippen LogP contribution in [0.5, 0.6) is 0 Å². The number of fused-ring (bicyclic) bond motifs is 1. The number of nitrogens with zero attached hydrogens (tertiary/aromatic N) is 1. The van der Waals surface area contributed by atoms with Crippen LogP contribution in [0.1, 0.15) is 34.7 Å². The number of rotatable bonds is 3. The van der Waals surface area contributed by atoms with Crippen molar-refractivity contribution in [2.24, 2.45) is 0 Å². The molecule has 0 amide bonds. The lowest BCUT2D eigenvalue weighted by atomic mass is 9.93. The van der Waals surface area contributed by atoms with Gasteiger partial charge in [0, 0.05) is 17.8 Å². The molecule has 1 aliphatic rings. The Morgan fingerprint density at radius 2 is 2.05 bits per heavy atom. The Morgan fingerprint density at radius 1 is 1.26 bits per heavy atom. The van der Waals surface area contributed by atoms with Crippen LogP contribution in [0, 0.1) is 6.92 Å². The summed E-state index contributed by atoms with van der Waals surface area (Å²) in [5, 5.41) is 10.5. The van der Waals surface area contributed by atoms with Gasteiger partial charge in [0.25, 0.3) is 0 Å². The molecule has 2 heteroatoms. The smallest absolute Gasteiger partial charge is 0.0664 e. The second-order valence-corrected chi connectivity index (χ2v) is 5.45. The maximum atomic E-state index is 10.5. The quantitative estimate of drug-likeness (QED) is 0.912. The van der Waals surface area contributed by atoms with Gasteiger partial charge in [-0.05, 0) is 43.4 Å². The first-order valence-electron chi connectivity index (χ1n) is 6.91. The molecule has 1 heterocycles. The van der Waals surface area contributed by atoms with Gasteiger partial charge >= 0.3 is 0 Å². The number of pyridine rings is 1. The molecule has 1 N–H and O–H groups in total. The number of benzene rings is 1. The second-order valence-electron chi connectivity index (χ2n) is 5.45. The van der Waals surface area contributed by atoms with Crippen LogP contribution in [0.2, 0.25) is 0 Å². The molecule has 0 saturated carbocycles. The van der Waals surface area contributed by atoms with Crippen LogP contribution in [0.4, 0.5) is 0 Å². The van der Waals surface area contributed by atoms with E-state index in [1.165, 1.54) is 16.7 Å². The number of aromatic nitrogens is 1. The third-order valence-electron chi connectivity index (χ3n) is 4.03. The molecular weight excluding hydrogens is 234 g/mol. The Balaban J connectivity index is 1.75. The summed E-state index contributed by atoms with van der Waals surface area (Å²) < 4.78 is 0. The highest BCUT2D eigenvalue weighted by molar-refractivity contribution is 5.30. The number of aliphatic hydroxyl groups excluding tert-OH is 1. The highest BCUT2D eigenvalue weighted by atomic mass is 16.3. The molecule has 1 aliphatic carbocycles. The summed E-state index contributed by atoms with van der Waals surface area (Å²) in [5.41, 5.74) is 4.85. The van der Waals surface area contributed by atoms with Crippen molar-refractivity contribution in [3.05, 3.63) is 65.0 Å². The van der Waals surface area contributed by atoms with E-state index in [9.17, 15) is 5.11 Å². The van der Waals surface area contributed by atoms with Gasteiger partial charge in [-0.3, -0.25) is 4.98 Å². The summed E-state index contributed by atoms with van der Waals surface area (Å²) in [5.74, 6) is 0.192. The highest BCUT2D eigenvalue weighted by Crippen LogP contribution is 2.34. The van der Waals surface area contributed by atoms with Gasteiger partial charge in [-0.25, -0.2) is 0 Å². The molecule has 0 fully saturated rings. The van der Waals surface area contributed by atoms with Crippen LogP contribution >= 0.6 is 0 Å². The van der Waals surface area contributed by atoms with Gasteiger partial charge in [-0.15, -0.1) is 0 Å². The van der Waals surface area contributed by atoms with Gasteiger partial charge in [-0.2, -0.15) is 0 Å². The van der Waals surface area contributed by atoms with E-state index in [2.05, 4.69) is 42.2 Å². The van der Waals surface area contributed by atoms with Gasteiger partial charge < -0.3 is 5.11 Å². The van der Waals surface area contributed by atoms with Gasteiger partial charge in [0.15, 0.2) is 0 Å². The predicted molar refractivity (Wildman–Crippen MR) is 76.2 cm³/mol. The molecule has 0 saturated heterocycles. The Hall–Kier alpha value is -1.67. The van der Waals surface area contributed by atoms with E-state index in [1.54, 1.807) is 0 Å². The molecule has 0 aliphatic heterocycles. The van der Waals surface area contributed by atoms with Crippen molar-refractivity contribution in [2.75, 3.05) is 0 Å². The minimum atomic E-state index is -0.334. The maximum absolute atomic E-state index is 10.5. The number of hydrogen-bond acceptors (Lipinski definition) is 2. The molecular formula is C17H19NO. The monoisotopic (exact) mass is 253 g/mol. The summed E-state index contributed by atoms with van der Waals surface area (Å²) in [6.45, 7) is 2.08. The van der Waals surface area contributed by atoms with E-state index in [-0.39, 0.29) is 12.0 Å². The third kappa shape index (κ3) is 2.54. The molecule has 3 rings (SSSR count). The summed E-state index contributed by atoms with van der Waals surface area (Å²) in [6.07, 6.45) is 4.26. The van der Waals surface area contributed by atoms with Crippen molar-refractivity contribution < 1.29 is 5.11 Å². The lowest BCUT2D eigenvalue weighted by molar-refractivity contribution is 0.141. The normalized spacial score (nSPS) is 19.2. The van der Waals surface area contributed by atoms with Crippen molar-refractivity contribution in [1.82, 2.24) is 4.98 Å². The van der Waals surface area contributed by atoms with E-state index in [4.69, 9.17) is 0 Å². The fourth-order valence-corrected chi connectivity index (χ4v) is 2.93. The van der Waals surface area contributed by atoms with Gasteiger partial charge in [0.05, 0.1) is 6.10 Å². The van der Waals surface area contributed by atoms with E-state index >= 15 is 0 Å². The zero-order valence-electron chi connectivity index (χ0n) is 11.2. The Bertz CT molecular complexity index is 562. The maximum Gasteiger partial charge on any atom is 0.0664 e. The molecule has 2 atom stereocenters. The van der Waals surface area contributed by atoms with Crippen molar-refractivity contribution in [3.63, 3.8) is 0 Å². The first-order valence-corrected chi connectivity index (χ1v) is 6.91. The molecule has 2 nitrogen and oxygen atoms in total. The average Bonchev–Trinajstić information content (AvgIpc) is 2.85. The third-order valence-corrected chi connectivity index (χ3v) is 4.03. The molecule has 98 valence electrons. The molecule has 2 aromatic rings. The standard InChI is InChI=1S/C17H19NO/c1-12-4-6-13(7-5-12)11-16(19)15-9-8-14-3-2-10-18-17(14)15/h2-7,10,15-16,19H,8-9,11H2,1H3. The van der Waals surface area contributed by atoms with E-state index in [0.717, 1.165) is 18.5 Å². The summed E-state index contributed by atoms with van der Waals surface area (Å²) in [6, 6.07) is 12.5. The van der Waals surface area contributed by atoms with Crippen molar-refractivity contribution in [2.45, 2.75) is 38.2 Å². The zero-order chi connectivity index (χ0) is 13.2. The van der Waals surface area contributed by atoms with Crippen molar-refractivity contribution >= 4 is 0 Å². The molecule has 0 spiro atoms. The molecule has 1 aromatic carbocycles. The zero-order valence-corrected chi connectivity index (χ0v) is 11.2. The predicted octanol–water partition coefficient (Wildman–Crippen LogP) is 3.02. The summed E-state index contributed by atoms with van der Waals surface area (Å²) >= 11 is 0. The van der Waals surface area contributed by atoms with Crippen molar-refractivity contribution in [3.8, 4) is 0 Å².